The lowest BCUT2D eigenvalue weighted by atomic mass is 10.0. The molecule has 3 heterocycles. The second-order valence-electron chi connectivity index (χ2n) is 9.92. The molecule has 0 bridgehead atoms. The molecule has 2 aliphatic heterocycles. The lowest BCUT2D eigenvalue weighted by Gasteiger charge is -2.32. The molecule has 11 heteroatoms. The highest BCUT2D eigenvalue weighted by Crippen LogP contribution is 2.30. The summed E-state index contributed by atoms with van der Waals surface area (Å²) in [5.41, 5.74) is -0.842. The van der Waals surface area contributed by atoms with Crippen LogP contribution in [0.25, 0.3) is 0 Å². The molecule has 1 N–H and O–H groups in total. The number of carbonyl (C=O) groups excluding carboxylic acids is 1. The highest BCUT2D eigenvalue weighted by atomic mass is 32.2. The topological polar surface area (TPSA) is 109 Å². The van der Waals surface area contributed by atoms with Crippen LogP contribution in [0, 0.1) is 0 Å². The van der Waals surface area contributed by atoms with Crippen LogP contribution in [0.15, 0.2) is 44.1 Å². The van der Waals surface area contributed by atoms with Crippen LogP contribution in [0.3, 0.4) is 0 Å². The van der Waals surface area contributed by atoms with E-state index in [1.165, 1.54) is 17.8 Å². The fraction of sp³-hybridized carbons (Fsp3) is 0.630. The summed E-state index contributed by atoms with van der Waals surface area (Å²) in [6, 6.07) is 2.44. The Morgan fingerprint density at radius 1 is 1.37 bits per heavy atom. The summed E-state index contributed by atoms with van der Waals surface area (Å²) >= 11 is 1.49. The van der Waals surface area contributed by atoms with Crippen LogP contribution in [0.1, 0.15) is 51.8 Å². The molecule has 0 aliphatic carbocycles. The Kier molecular flexibility index (Phi) is 11.4. The maximum atomic E-state index is 13.3. The monoisotopic (exact) mass is 547 g/mol. The van der Waals surface area contributed by atoms with E-state index in [0.29, 0.717) is 41.0 Å². The van der Waals surface area contributed by atoms with Crippen LogP contribution in [-0.4, -0.2) is 90.7 Å². The quantitative estimate of drug-likeness (QED) is 0.164. The van der Waals surface area contributed by atoms with E-state index in [4.69, 9.17) is 19.0 Å². The third-order valence-corrected chi connectivity index (χ3v) is 7.87. The smallest absolute Gasteiger partial charge is 0.339 e. The lowest BCUT2D eigenvalue weighted by molar-refractivity contribution is -0.125. The average molecular weight is 548 g/mol. The molecule has 2 atom stereocenters. The molecule has 1 amide bonds. The summed E-state index contributed by atoms with van der Waals surface area (Å²) in [5, 5.41) is 7.97. The van der Waals surface area contributed by atoms with Gasteiger partial charge >= 0.3 is 5.63 Å². The minimum absolute atomic E-state index is 0.237. The van der Waals surface area contributed by atoms with Gasteiger partial charge in [-0.2, -0.15) is 0 Å². The first-order valence-electron chi connectivity index (χ1n) is 13.2. The van der Waals surface area contributed by atoms with Crippen molar-refractivity contribution < 1.29 is 18.8 Å². The predicted molar refractivity (Wildman–Crippen MR) is 152 cm³/mol. The number of thioether (sulfide) groups is 1. The molecular formula is C27H41N5O5S. The number of nitrogens with one attached hydrogen (secondary N) is 1. The number of amides is 1. The Morgan fingerprint density at radius 2 is 2.13 bits per heavy atom. The summed E-state index contributed by atoms with van der Waals surface area (Å²) in [5.74, 6) is 0.979. The SMILES string of the molecule is C=CCOc1cc([C@@H](CCC)NC(=O)C2(C)CSC(/C(C)=N/OCCCN3CCN(C)CC3)=N2)oc(=O)c1. The number of hydrogen-bond acceptors (Lipinski definition) is 10. The molecule has 0 spiro atoms. The molecule has 1 aromatic rings. The van der Waals surface area contributed by atoms with Crippen molar-refractivity contribution in [1.29, 1.82) is 0 Å². The van der Waals surface area contributed by atoms with Crippen LogP contribution < -0.4 is 15.7 Å². The third-order valence-electron chi connectivity index (χ3n) is 6.50. The van der Waals surface area contributed by atoms with E-state index in [1.54, 1.807) is 19.1 Å². The van der Waals surface area contributed by atoms with Crippen LogP contribution >= 0.6 is 11.8 Å². The van der Waals surface area contributed by atoms with Crippen molar-refractivity contribution in [2.75, 3.05) is 58.7 Å². The number of carbonyl (C=O) groups is 1. The number of rotatable bonds is 14. The van der Waals surface area contributed by atoms with Gasteiger partial charge in [0.05, 0.1) is 12.1 Å². The summed E-state index contributed by atoms with van der Waals surface area (Å²) < 4.78 is 10.9. The molecule has 0 radical (unpaired) electrons. The van der Waals surface area contributed by atoms with Gasteiger partial charge in [-0.15, -0.1) is 11.8 Å². The standard InChI is InChI=1S/C27H41N5O5S/c1-6-9-22(23-17-21(35-15-7-2)18-24(33)37-23)28-26(34)27(4)19-38-25(29-27)20(3)30-36-16-8-10-32-13-11-31(5)12-14-32/h7,17-18,22H,2,6,8-16,19H2,1,3-5H3,(H,28,34)/b30-20+/t22-,27?/m1/s1. The van der Waals surface area contributed by atoms with E-state index < -0.39 is 17.2 Å². The molecule has 210 valence electrons. The summed E-state index contributed by atoms with van der Waals surface area (Å²) in [6.45, 7) is 15.5. The van der Waals surface area contributed by atoms with Gasteiger partial charge in [-0.1, -0.05) is 31.2 Å². The average Bonchev–Trinajstić information content (AvgIpc) is 3.31. The van der Waals surface area contributed by atoms with Gasteiger partial charge in [0.15, 0.2) is 0 Å². The van der Waals surface area contributed by atoms with E-state index in [0.717, 1.165) is 45.6 Å². The first kappa shape index (κ1) is 29.9. The van der Waals surface area contributed by atoms with Crippen LogP contribution in [0.5, 0.6) is 5.75 Å². The normalized spacial score (nSPS) is 21.6. The Balaban J connectivity index is 1.56. The van der Waals surface area contributed by atoms with Crippen molar-refractivity contribution >= 4 is 28.4 Å². The molecule has 1 saturated heterocycles. The maximum Gasteiger partial charge on any atom is 0.339 e. The van der Waals surface area contributed by atoms with Crippen LogP contribution in [0.2, 0.25) is 0 Å². The number of oxime groups is 1. The number of nitrogens with zero attached hydrogens (tertiary/aromatic N) is 4. The summed E-state index contributed by atoms with van der Waals surface area (Å²) in [7, 11) is 2.15. The highest BCUT2D eigenvalue weighted by molar-refractivity contribution is 8.16. The Morgan fingerprint density at radius 3 is 2.84 bits per heavy atom. The van der Waals surface area contributed by atoms with Gasteiger partial charge in [0.1, 0.15) is 41.0 Å². The van der Waals surface area contributed by atoms with Gasteiger partial charge in [-0.3, -0.25) is 9.79 Å². The number of hydrogen-bond donors (Lipinski definition) is 1. The second-order valence-corrected chi connectivity index (χ2v) is 10.9. The molecule has 0 aromatic carbocycles. The minimum atomic E-state index is -0.971. The Labute approximate surface area is 229 Å². The Bertz CT molecular complexity index is 1070. The molecular weight excluding hydrogens is 506 g/mol. The fourth-order valence-electron chi connectivity index (χ4n) is 4.18. The largest absolute Gasteiger partial charge is 0.489 e. The molecule has 38 heavy (non-hydrogen) atoms. The van der Waals surface area contributed by atoms with Gasteiger partial charge in [-0.05, 0) is 33.7 Å². The number of ether oxygens (including phenoxy) is 1. The predicted octanol–water partition coefficient (Wildman–Crippen LogP) is 3.10. The van der Waals surface area contributed by atoms with E-state index in [9.17, 15) is 9.59 Å². The van der Waals surface area contributed by atoms with Crippen LogP contribution in [-0.2, 0) is 9.63 Å². The summed E-state index contributed by atoms with van der Waals surface area (Å²) in [6.07, 6.45) is 3.89. The molecule has 10 nitrogen and oxygen atoms in total. The first-order valence-corrected chi connectivity index (χ1v) is 14.2. The van der Waals surface area contributed by atoms with Gasteiger partial charge in [0.25, 0.3) is 0 Å². The lowest BCUT2D eigenvalue weighted by Crippen LogP contribution is -2.45. The van der Waals surface area contributed by atoms with Crippen molar-refractivity contribution in [3.05, 3.63) is 41.0 Å². The van der Waals surface area contributed by atoms with Crippen molar-refractivity contribution in [3.63, 3.8) is 0 Å². The second kappa shape index (κ2) is 14.5. The molecule has 0 saturated carbocycles. The van der Waals surface area contributed by atoms with E-state index >= 15 is 0 Å². The molecule has 1 fully saturated rings. The zero-order valence-electron chi connectivity index (χ0n) is 23.0. The molecule has 1 unspecified atom stereocenters. The van der Waals surface area contributed by atoms with Crippen molar-refractivity contribution in [3.8, 4) is 5.75 Å². The van der Waals surface area contributed by atoms with E-state index in [1.807, 2.05) is 13.8 Å². The van der Waals surface area contributed by atoms with Crippen molar-refractivity contribution in [1.82, 2.24) is 15.1 Å². The summed E-state index contributed by atoms with van der Waals surface area (Å²) in [4.78, 5) is 40.5. The molecule has 1 aromatic heterocycles. The van der Waals surface area contributed by atoms with Gasteiger partial charge in [-0.25, -0.2) is 4.79 Å². The van der Waals surface area contributed by atoms with Crippen molar-refractivity contribution in [2.24, 2.45) is 10.1 Å². The number of aliphatic imine (C=N–C) groups is 1. The van der Waals surface area contributed by atoms with Gasteiger partial charge in [0, 0.05) is 44.5 Å². The van der Waals surface area contributed by atoms with Crippen LogP contribution in [0.4, 0.5) is 0 Å². The van der Waals surface area contributed by atoms with E-state index in [-0.39, 0.29) is 12.5 Å². The van der Waals surface area contributed by atoms with E-state index in [2.05, 4.69) is 33.9 Å². The Hall–Kier alpha value is -2.63. The molecule has 3 rings (SSSR count). The maximum absolute atomic E-state index is 13.3. The minimum Gasteiger partial charge on any atom is -0.489 e. The highest BCUT2D eigenvalue weighted by Gasteiger charge is 2.40. The zero-order chi connectivity index (χ0) is 27.5. The fourth-order valence-corrected chi connectivity index (χ4v) is 5.30. The number of likely N-dealkylation sites (N-methyl/N-ethyl adjacent to an activating group) is 1. The molecule has 2 aliphatic rings. The van der Waals surface area contributed by atoms with Crippen molar-refractivity contribution in [2.45, 2.75) is 51.6 Å². The first-order chi connectivity index (χ1) is 18.2. The number of piperazine rings is 1. The third kappa shape index (κ3) is 8.71. The van der Waals surface area contributed by atoms with Gasteiger partial charge in [0.2, 0.25) is 5.91 Å². The zero-order valence-corrected chi connectivity index (χ0v) is 23.8. The van der Waals surface area contributed by atoms with Gasteiger partial charge < -0.3 is 29.1 Å².